The lowest BCUT2D eigenvalue weighted by Gasteiger charge is -2.20. The van der Waals surface area contributed by atoms with Gasteiger partial charge in [0, 0.05) is 37.9 Å². The number of hydrogen-bond donors (Lipinski definition) is 3. The number of benzene rings is 1. The number of amides is 1. The number of carboxylic acids is 1. The van der Waals surface area contributed by atoms with Crippen molar-refractivity contribution in [3.05, 3.63) is 95.1 Å². The number of carbonyl (C=O) groups is 2. The predicted molar refractivity (Wildman–Crippen MR) is 118 cm³/mol. The third-order valence-electron chi connectivity index (χ3n) is 5.05. The fourth-order valence-electron chi connectivity index (χ4n) is 3.36. The molecule has 160 valence electrons. The highest BCUT2D eigenvalue weighted by Crippen LogP contribution is 2.18. The van der Waals surface area contributed by atoms with Crippen LogP contribution in [0.5, 0.6) is 0 Å². The molecule has 3 aromatic rings. The molecule has 0 unspecified atom stereocenters. The number of pyridine rings is 2. The fraction of sp³-hybridized carbons (Fsp3) is 0.250. The molecule has 1 amide bonds. The summed E-state index contributed by atoms with van der Waals surface area (Å²) in [7, 11) is 0. The standard InChI is InChI=1S/C24H26N4O3/c1-17-16-20(2-3-21(17)24(30)31)22(27-14-8-18-4-10-25-11-5-18)23(29)28-15-9-19-6-12-26-13-7-19/h2-7,10-13,16,22,27H,8-9,14-15H2,1H3,(H,28,29)(H,30,31)/t22-/m0/s1. The van der Waals surface area contributed by atoms with E-state index in [1.54, 1.807) is 49.9 Å². The van der Waals surface area contributed by atoms with Gasteiger partial charge in [0.1, 0.15) is 6.04 Å². The lowest BCUT2D eigenvalue weighted by atomic mass is 9.99. The number of aromatic carboxylic acids is 1. The molecule has 0 saturated carbocycles. The van der Waals surface area contributed by atoms with Gasteiger partial charge in [-0.05, 0) is 72.4 Å². The molecule has 0 saturated heterocycles. The minimum Gasteiger partial charge on any atom is -0.478 e. The van der Waals surface area contributed by atoms with E-state index in [4.69, 9.17) is 0 Å². The lowest BCUT2D eigenvalue weighted by molar-refractivity contribution is -0.123. The molecule has 0 spiro atoms. The van der Waals surface area contributed by atoms with Gasteiger partial charge in [-0.15, -0.1) is 0 Å². The Bertz CT molecular complexity index is 1010. The number of aromatic nitrogens is 2. The van der Waals surface area contributed by atoms with Crippen LogP contribution in [-0.2, 0) is 17.6 Å². The van der Waals surface area contributed by atoms with E-state index in [1.165, 1.54) is 0 Å². The molecule has 7 heteroatoms. The molecule has 0 aliphatic heterocycles. The maximum Gasteiger partial charge on any atom is 0.335 e. The topological polar surface area (TPSA) is 104 Å². The summed E-state index contributed by atoms with van der Waals surface area (Å²) in [6.45, 7) is 2.83. The second-order valence-electron chi connectivity index (χ2n) is 7.27. The van der Waals surface area contributed by atoms with Crippen molar-refractivity contribution in [1.29, 1.82) is 0 Å². The quantitative estimate of drug-likeness (QED) is 0.468. The first-order valence-electron chi connectivity index (χ1n) is 10.2. The van der Waals surface area contributed by atoms with Gasteiger partial charge < -0.3 is 15.7 Å². The SMILES string of the molecule is Cc1cc([C@H](NCCc2ccncc2)C(=O)NCCc2ccncc2)ccc1C(=O)O. The van der Waals surface area contributed by atoms with E-state index in [0.29, 0.717) is 25.1 Å². The molecule has 31 heavy (non-hydrogen) atoms. The first kappa shape index (κ1) is 22.1. The third-order valence-corrected chi connectivity index (χ3v) is 5.05. The van der Waals surface area contributed by atoms with Crippen LogP contribution >= 0.6 is 0 Å². The molecular weight excluding hydrogens is 392 g/mol. The van der Waals surface area contributed by atoms with E-state index in [1.807, 2.05) is 24.3 Å². The maximum atomic E-state index is 13.0. The van der Waals surface area contributed by atoms with Gasteiger partial charge in [-0.3, -0.25) is 14.8 Å². The van der Waals surface area contributed by atoms with Crippen LogP contribution < -0.4 is 10.6 Å². The zero-order valence-corrected chi connectivity index (χ0v) is 17.4. The third kappa shape index (κ3) is 6.45. The first-order chi connectivity index (χ1) is 15.0. The van der Waals surface area contributed by atoms with Crippen LogP contribution in [0.25, 0.3) is 0 Å². The van der Waals surface area contributed by atoms with Crippen LogP contribution in [0.1, 0.15) is 38.7 Å². The highest BCUT2D eigenvalue weighted by Gasteiger charge is 2.21. The zero-order valence-electron chi connectivity index (χ0n) is 17.4. The van der Waals surface area contributed by atoms with E-state index >= 15 is 0 Å². The Labute approximate surface area is 181 Å². The Hall–Kier alpha value is -3.58. The second kappa shape index (κ2) is 11.0. The van der Waals surface area contributed by atoms with Crippen molar-refractivity contribution in [2.24, 2.45) is 0 Å². The van der Waals surface area contributed by atoms with Crippen molar-refractivity contribution in [2.45, 2.75) is 25.8 Å². The highest BCUT2D eigenvalue weighted by atomic mass is 16.4. The maximum absolute atomic E-state index is 13.0. The molecule has 0 fully saturated rings. The van der Waals surface area contributed by atoms with Gasteiger partial charge in [0.25, 0.3) is 0 Å². The van der Waals surface area contributed by atoms with Crippen molar-refractivity contribution >= 4 is 11.9 Å². The number of hydrogen-bond acceptors (Lipinski definition) is 5. The van der Waals surface area contributed by atoms with Crippen molar-refractivity contribution in [3.63, 3.8) is 0 Å². The fourth-order valence-corrected chi connectivity index (χ4v) is 3.36. The van der Waals surface area contributed by atoms with Crippen LogP contribution in [0.2, 0.25) is 0 Å². The van der Waals surface area contributed by atoms with Crippen molar-refractivity contribution in [3.8, 4) is 0 Å². The van der Waals surface area contributed by atoms with E-state index < -0.39 is 12.0 Å². The van der Waals surface area contributed by atoms with Gasteiger partial charge in [0.15, 0.2) is 0 Å². The van der Waals surface area contributed by atoms with Crippen molar-refractivity contribution < 1.29 is 14.7 Å². The van der Waals surface area contributed by atoms with Crippen LogP contribution in [0.3, 0.4) is 0 Å². The second-order valence-corrected chi connectivity index (χ2v) is 7.27. The molecule has 0 aliphatic carbocycles. The van der Waals surface area contributed by atoms with E-state index in [-0.39, 0.29) is 11.5 Å². The Morgan fingerprint density at radius 3 is 2.03 bits per heavy atom. The summed E-state index contributed by atoms with van der Waals surface area (Å²) in [5, 5.41) is 15.6. The summed E-state index contributed by atoms with van der Waals surface area (Å²) >= 11 is 0. The molecule has 3 rings (SSSR count). The average molecular weight is 418 g/mol. The minimum atomic E-state index is -0.979. The summed E-state index contributed by atoms with van der Waals surface area (Å²) in [6, 6.07) is 12.2. The summed E-state index contributed by atoms with van der Waals surface area (Å²) in [5.41, 5.74) is 3.81. The predicted octanol–water partition coefficient (Wildman–Crippen LogP) is 2.72. The summed E-state index contributed by atoms with van der Waals surface area (Å²) in [5.74, 6) is -1.13. The molecule has 0 radical (unpaired) electrons. The van der Waals surface area contributed by atoms with Crippen LogP contribution in [-0.4, -0.2) is 40.0 Å². The summed E-state index contributed by atoms with van der Waals surface area (Å²) in [4.78, 5) is 32.4. The van der Waals surface area contributed by atoms with E-state index in [9.17, 15) is 14.7 Å². The normalized spacial score (nSPS) is 11.6. The van der Waals surface area contributed by atoms with Crippen molar-refractivity contribution in [1.82, 2.24) is 20.6 Å². The van der Waals surface area contributed by atoms with Crippen LogP contribution in [0.15, 0.2) is 67.3 Å². The number of nitrogens with one attached hydrogen (secondary N) is 2. The molecule has 1 atom stereocenters. The molecular formula is C24H26N4O3. The Morgan fingerprint density at radius 1 is 0.903 bits per heavy atom. The average Bonchev–Trinajstić information content (AvgIpc) is 2.78. The van der Waals surface area contributed by atoms with Gasteiger partial charge >= 0.3 is 5.97 Å². The zero-order chi connectivity index (χ0) is 22.1. The van der Waals surface area contributed by atoms with Crippen molar-refractivity contribution in [2.75, 3.05) is 13.1 Å². The molecule has 2 aromatic heterocycles. The number of carbonyl (C=O) groups excluding carboxylic acids is 1. The molecule has 1 aromatic carbocycles. The summed E-state index contributed by atoms with van der Waals surface area (Å²) in [6.07, 6.45) is 8.39. The smallest absolute Gasteiger partial charge is 0.335 e. The number of aryl methyl sites for hydroxylation is 1. The van der Waals surface area contributed by atoms with E-state index in [0.717, 1.165) is 23.1 Å². The Balaban J connectivity index is 1.69. The Morgan fingerprint density at radius 2 is 1.48 bits per heavy atom. The molecule has 0 bridgehead atoms. The summed E-state index contributed by atoms with van der Waals surface area (Å²) < 4.78 is 0. The molecule has 3 N–H and O–H groups in total. The first-order valence-corrected chi connectivity index (χ1v) is 10.2. The monoisotopic (exact) mass is 418 g/mol. The number of nitrogens with zero attached hydrogens (tertiary/aromatic N) is 2. The van der Waals surface area contributed by atoms with Gasteiger partial charge in [-0.1, -0.05) is 12.1 Å². The number of rotatable bonds is 10. The van der Waals surface area contributed by atoms with Gasteiger partial charge in [0.05, 0.1) is 5.56 Å². The van der Waals surface area contributed by atoms with Crippen LogP contribution in [0, 0.1) is 6.92 Å². The minimum absolute atomic E-state index is 0.147. The molecule has 7 nitrogen and oxygen atoms in total. The largest absolute Gasteiger partial charge is 0.478 e. The highest BCUT2D eigenvalue weighted by molar-refractivity contribution is 5.90. The van der Waals surface area contributed by atoms with Crippen LogP contribution in [0.4, 0.5) is 0 Å². The van der Waals surface area contributed by atoms with Gasteiger partial charge in [-0.2, -0.15) is 0 Å². The van der Waals surface area contributed by atoms with E-state index in [2.05, 4.69) is 20.6 Å². The molecule has 0 aliphatic rings. The van der Waals surface area contributed by atoms with Gasteiger partial charge in [0.2, 0.25) is 5.91 Å². The van der Waals surface area contributed by atoms with Gasteiger partial charge in [-0.25, -0.2) is 4.79 Å². The lowest BCUT2D eigenvalue weighted by Crippen LogP contribution is -2.39. The Kier molecular flexibility index (Phi) is 7.84. The number of carboxylic acid groups (broad SMARTS) is 1. The molecule has 2 heterocycles.